The highest BCUT2D eigenvalue weighted by atomic mass is 16.5. The van der Waals surface area contributed by atoms with Gasteiger partial charge in [-0.15, -0.1) is 0 Å². The zero-order valence-electron chi connectivity index (χ0n) is 25.9. The lowest BCUT2D eigenvalue weighted by molar-refractivity contribution is -0.131. The predicted octanol–water partition coefficient (Wildman–Crippen LogP) is 3.05. The van der Waals surface area contributed by atoms with Gasteiger partial charge in [-0.1, -0.05) is 25.8 Å². The van der Waals surface area contributed by atoms with Crippen LogP contribution in [0.25, 0.3) is 0 Å². The molecule has 1 aromatic carbocycles. The van der Waals surface area contributed by atoms with E-state index in [1.807, 2.05) is 18.9 Å². The van der Waals surface area contributed by atoms with Crippen LogP contribution in [0, 0.1) is 0 Å². The SMILES string of the molecule is CC[C@@H]1C(=O)N(C)c2cnc(Nc3ccc(C(=O)NCCOCCN(C)C/C=C/C(=O)O)cc3OC)nc2N1C1CCCC1. The molecule has 1 fully saturated rings. The van der Waals surface area contributed by atoms with Gasteiger partial charge in [-0.3, -0.25) is 9.59 Å². The Morgan fingerprint density at radius 2 is 2.00 bits per heavy atom. The van der Waals surface area contributed by atoms with Crippen molar-refractivity contribution >= 4 is 40.9 Å². The summed E-state index contributed by atoms with van der Waals surface area (Å²) >= 11 is 0. The van der Waals surface area contributed by atoms with E-state index in [0.29, 0.717) is 67.9 Å². The van der Waals surface area contributed by atoms with Crippen molar-refractivity contribution in [2.75, 3.05) is 69.2 Å². The standard InChI is InChI=1S/C31H43N7O6/c1-5-24-30(42)37(3)25-20-33-31(35-28(25)38(24)22-9-6-7-10-22)34-23-13-12-21(19-26(23)43-4)29(41)32-14-17-44-18-16-36(2)15-8-11-27(39)40/h8,11-13,19-20,22,24H,5-7,9-10,14-18H2,1-4H3,(H,32,41)(H,39,40)(H,33,34,35)/b11-8+/t24-/m1/s1. The number of aromatic nitrogens is 2. The number of ether oxygens (including phenoxy) is 2. The van der Waals surface area contributed by atoms with E-state index in [1.165, 1.54) is 7.11 Å². The predicted molar refractivity (Wildman–Crippen MR) is 168 cm³/mol. The summed E-state index contributed by atoms with van der Waals surface area (Å²) < 4.78 is 11.2. The third-order valence-electron chi connectivity index (χ3n) is 7.95. The van der Waals surface area contributed by atoms with Crippen molar-refractivity contribution in [3.8, 4) is 5.75 Å². The lowest BCUT2D eigenvalue weighted by Crippen LogP contribution is -2.55. The van der Waals surface area contributed by atoms with Gasteiger partial charge < -0.3 is 39.9 Å². The molecular weight excluding hydrogens is 566 g/mol. The second-order valence-corrected chi connectivity index (χ2v) is 11.0. The Morgan fingerprint density at radius 1 is 1.23 bits per heavy atom. The van der Waals surface area contributed by atoms with Crippen LogP contribution in [0.4, 0.5) is 23.1 Å². The number of hydrogen-bond donors (Lipinski definition) is 3. The van der Waals surface area contributed by atoms with Crippen LogP contribution < -0.4 is 25.2 Å². The van der Waals surface area contributed by atoms with Gasteiger partial charge in [-0.05, 0) is 44.5 Å². The maximum Gasteiger partial charge on any atom is 0.328 e. The number of carboxylic acids is 1. The molecule has 2 amide bonds. The number of nitrogens with one attached hydrogen (secondary N) is 2. The number of carbonyl (C=O) groups is 3. The molecule has 238 valence electrons. The molecule has 0 radical (unpaired) electrons. The van der Waals surface area contributed by atoms with E-state index in [-0.39, 0.29) is 23.9 Å². The summed E-state index contributed by atoms with van der Waals surface area (Å²) in [5, 5.41) is 14.7. The van der Waals surface area contributed by atoms with Crippen LogP contribution in [0.5, 0.6) is 5.75 Å². The zero-order chi connectivity index (χ0) is 31.6. The Balaban J connectivity index is 1.36. The molecule has 1 aromatic heterocycles. The number of nitrogens with zero attached hydrogens (tertiary/aromatic N) is 5. The summed E-state index contributed by atoms with van der Waals surface area (Å²) in [6.45, 7) is 4.30. The quantitative estimate of drug-likeness (QED) is 0.202. The molecule has 4 rings (SSSR count). The summed E-state index contributed by atoms with van der Waals surface area (Å²) in [7, 11) is 5.18. The molecule has 3 N–H and O–H groups in total. The third-order valence-corrected chi connectivity index (χ3v) is 7.95. The first kappa shape index (κ1) is 32.7. The Kier molecular flexibility index (Phi) is 11.5. The van der Waals surface area contributed by atoms with Gasteiger partial charge in [0.25, 0.3) is 5.91 Å². The summed E-state index contributed by atoms with van der Waals surface area (Å²) in [6.07, 6.45) is 9.42. The smallest absolute Gasteiger partial charge is 0.328 e. The number of carboxylic acid groups (broad SMARTS) is 1. The second kappa shape index (κ2) is 15.5. The average Bonchev–Trinajstić information content (AvgIpc) is 3.55. The maximum atomic E-state index is 13.2. The van der Waals surface area contributed by atoms with Gasteiger partial charge in [0, 0.05) is 44.4 Å². The van der Waals surface area contributed by atoms with Crippen molar-refractivity contribution < 1.29 is 29.0 Å². The van der Waals surface area contributed by atoms with Crippen molar-refractivity contribution in [1.29, 1.82) is 0 Å². The molecule has 2 aliphatic rings. The number of methoxy groups -OCH3 is 1. The van der Waals surface area contributed by atoms with E-state index in [0.717, 1.165) is 37.6 Å². The number of likely N-dealkylation sites (N-methyl/N-ethyl adjacent to an activating group) is 2. The summed E-state index contributed by atoms with van der Waals surface area (Å²) in [4.78, 5) is 51.6. The molecule has 1 aliphatic heterocycles. The lowest BCUT2D eigenvalue weighted by Gasteiger charge is -2.43. The molecule has 0 bridgehead atoms. The van der Waals surface area contributed by atoms with Gasteiger partial charge in [0.2, 0.25) is 11.9 Å². The van der Waals surface area contributed by atoms with Gasteiger partial charge >= 0.3 is 5.97 Å². The summed E-state index contributed by atoms with van der Waals surface area (Å²) in [5.74, 6) is 0.420. The molecule has 1 saturated carbocycles. The monoisotopic (exact) mass is 609 g/mol. The Labute approximate surface area is 258 Å². The lowest BCUT2D eigenvalue weighted by atomic mass is 10.0. The van der Waals surface area contributed by atoms with Crippen molar-refractivity contribution in [1.82, 2.24) is 20.2 Å². The average molecular weight is 610 g/mol. The maximum absolute atomic E-state index is 13.2. The van der Waals surface area contributed by atoms with Gasteiger partial charge in [0.05, 0.1) is 32.2 Å². The van der Waals surface area contributed by atoms with E-state index in [1.54, 1.807) is 42.4 Å². The zero-order valence-corrected chi connectivity index (χ0v) is 25.9. The molecule has 2 aromatic rings. The molecule has 0 unspecified atom stereocenters. The Hall–Kier alpha value is -4.23. The first-order valence-electron chi connectivity index (χ1n) is 15.0. The minimum Gasteiger partial charge on any atom is -0.495 e. The first-order chi connectivity index (χ1) is 21.2. The number of benzene rings is 1. The molecule has 0 spiro atoms. The van der Waals surface area contributed by atoms with Gasteiger partial charge in [-0.25, -0.2) is 9.78 Å². The number of amides is 2. The second-order valence-electron chi connectivity index (χ2n) is 11.0. The summed E-state index contributed by atoms with van der Waals surface area (Å²) in [6, 6.07) is 5.11. The topological polar surface area (TPSA) is 149 Å². The van der Waals surface area contributed by atoms with Crippen LogP contribution in [0.15, 0.2) is 36.5 Å². The molecule has 2 heterocycles. The van der Waals surface area contributed by atoms with Gasteiger partial charge in [-0.2, -0.15) is 4.98 Å². The van der Waals surface area contributed by atoms with Crippen molar-refractivity contribution in [3.05, 3.63) is 42.1 Å². The minimum atomic E-state index is -0.971. The van der Waals surface area contributed by atoms with Crippen molar-refractivity contribution in [2.24, 2.45) is 0 Å². The third kappa shape index (κ3) is 8.03. The molecule has 13 nitrogen and oxygen atoms in total. The minimum absolute atomic E-state index is 0.0635. The molecule has 44 heavy (non-hydrogen) atoms. The van der Waals surface area contributed by atoms with Crippen LogP contribution in [-0.2, 0) is 14.3 Å². The van der Waals surface area contributed by atoms with Crippen molar-refractivity contribution in [2.45, 2.75) is 51.1 Å². The van der Waals surface area contributed by atoms with Crippen LogP contribution in [0.3, 0.4) is 0 Å². The molecule has 0 saturated heterocycles. The Bertz CT molecular complexity index is 1350. The van der Waals surface area contributed by atoms with Crippen molar-refractivity contribution in [3.63, 3.8) is 0 Å². The van der Waals surface area contributed by atoms with E-state index in [9.17, 15) is 14.4 Å². The van der Waals surface area contributed by atoms with E-state index < -0.39 is 5.97 Å². The number of aliphatic carboxylic acids is 1. The van der Waals surface area contributed by atoms with E-state index >= 15 is 0 Å². The number of hydrogen-bond acceptors (Lipinski definition) is 10. The number of rotatable bonds is 15. The van der Waals surface area contributed by atoms with Crippen LogP contribution >= 0.6 is 0 Å². The fourth-order valence-corrected chi connectivity index (χ4v) is 5.59. The first-order valence-corrected chi connectivity index (χ1v) is 15.0. The molecular formula is C31H43N7O6. The van der Waals surface area contributed by atoms with Crippen LogP contribution in [0.2, 0.25) is 0 Å². The van der Waals surface area contributed by atoms with E-state index in [4.69, 9.17) is 19.6 Å². The van der Waals surface area contributed by atoms with Crippen LogP contribution in [0.1, 0.15) is 49.4 Å². The fraction of sp³-hybridized carbons (Fsp3) is 0.516. The van der Waals surface area contributed by atoms with E-state index in [2.05, 4.69) is 20.5 Å². The molecule has 1 atom stereocenters. The number of carbonyl (C=O) groups excluding carboxylic acids is 2. The number of fused-ring (bicyclic) bond motifs is 1. The van der Waals surface area contributed by atoms with Gasteiger partial charge in [0.15, 0.2) is 5.82 Å². The Morgan fingerprint density at radius 3 is 2.70 bits per heavy atom. The normalized spacial score (nSPS) is 16.9. The highest BCUT2D eigenvalue weighted by Gasteiger charge is 2.41. The largest absolute Gasteiger partial charge is 0.495 e. The highest BCUT2D eigenvalue weighted by molar-refractivity contribution is 6.04. The highest BCUT2D eigenvalue weighted by Crippen LogP contribution is 2.40. The number of anilines is 4. The molecule has 13 heteroatoms. The molecule has 1 aliphatic carbocycles. The van der Waals surface area contributed by atoms with Crippen LogP contribution in [-0.4, -0.2) is 104 Å². The summed E-state index contributed by atoms with van der Waals surface area (Å²) in [5.41, 5.74) is 1.73. The fourth-order valence-electron chi connectivity index (χ4n) is 5.59. The van der Waals surface area contributed by atoms with Gasteiger partial charge in [0.1, 0.15) is 17.5 Å².